The molecule has 4 heteroatoms. The van der Waals surface area contributed by atoms with Crippen molar-refractivity contribution in [2.24, 2.45) is 0 Å². The van der Waals surface area contributed by atoms with Gasteiger partial charge < -0.3 is 14.8 Å². The maximum absolute atomic E-state index is 12.1. The third-order valence-electron chi connectivity index (χ3n) is 3.46. The summed E-state index contributed by atoms with van der Waals surface area (Å²) in [5.74, 6) is 0.862. The highest BCUT2D eigenvalue weighted by molar-refractivity contribution is 5.68. The normalized spacial score (nSPS) is 13.2. The van der Waals surface area contributed by atoms with Gasteiger partial charge >= 0.3 is 6.09 Å². The summed E-state index contributed by atoms with van der Waals surface area (Å²) in [7, 11) is 0. The van der Waals surface area contributed by atoms with E-state index in [1.165, 1.54) is 5.56 Å². The highest BCUT2D eigenvalue weighted by Gasteiger charge is 2.19. The van der Waals surface area contributed by atoms with Crippen molar-refractivity contribution in [2.75, 3.05) is 0 Å². The van der Waals surface area contributed by atoms with E-state index in [9.17, 15) is 4.79 Å². The fraction of sp³-hybridized carbons (Fsp3) is 0.667. The lowest BCUT2D eigenvalue weighted by Gasteiger charge is -2.24. The number of carbonyl (C=O) groups is 1. The lowest BCUT2D eigenvalue weighted by atomic mass is 10.0. The van der Waals surface area contributed by atoms with Crippen LogP contribution in [0.2, 0.25) is 0 Å². The molecule has 0 fully saturated rings. The van der Waals surface area contributed by atoms with Gasteiger partial charge in [-0.3, -0.25) is 0 Å². The van der Waals surface area contributed by atoms with Crippen LogP contribution in [0.1, 0.15) is 73.3 Å². The molecule has 1 N–H and O–H groups in total. The minimum Gasteiger partial charge on any atom is -0.488 e. The highest BCUT2D eigenvalue weighted by atomic mass is 16.6. The topological polar surface area (TPSA) is 47.6 Å². The predicted octanol–water partition coefficient (Wildman–Crippen LogP) is 5.49. The number of unbranched alkanes of at least 4 members (excludes halogenated alkanes) is 1. The third kappa shape index (κ3) is 10.0. The number of hydrogen-bond donors (Lipinski definition) is 1. The van der Waals surface area contributed by atoms with Crippen LogP contribution in [0.3, 0.4) is 0 Å². The third-order valence-corrected chi connectivity index (χ3v) is 3.46. The molecule has 1 aromatic carbocycles. The Hall–Kier alpha value is -1.71. The molecule has 0 heterocycles. The first kappa shape index (κ1) is 21.3. The van der Waals surface area contributed by atoms with Gasteiger partial charge in [-0.15, -0.1) is 0 Å². The van der Waals surface area contributed by atoms with Crippen LogP contribution in [-0.2, 0) is 11.2 Å². The lowest BCUT2D eigenvalue weighted by molar-refractivity contribution is 0.0501. The summed E-state index contributed by atoms with van der Waals surface area (Å²) in [6.45, 7) is 13.9. The number of rotatable bonds is 7. The maximum Gasteiger partial charge on any atom is 0.407 e. The van der Waals surface area contributed by atoms with E-state index in [2.05, 4.69) is 24.4 Å². The van der Waals surface area contributed by atoms with Crippen molar-refractivity contribution in [3.05, 3.63) is 29.8 Å². The predicted molar refractivity (Wildman–Crippen MR) is 103 cm³/mol. The molecule has 0 saturated heterocycles. The summed E-state index contributed by atoms with van der Waals surface area (Å²) < 4.78 is 11.2. The van der Waals surface area contributed by atoms with Crippen LogP contribution >= 0.6 is 0 Å². The van der Waals surface area contributed by atoms with Crippen LogP contribution in [0.4, 0.5) is 4.79 Å². The van der Waals surface area contributed by atoms with Gasteiger partial charge in [0.1, 0.15) is 17.0 Å². The van der Waals surface area contributed by atoms with Crippen molar-refractivity contribution >= 4 is 6.09 Å². The Morgan fingerprint density at radius 1 is 1.04 bits per heavy atom. The molecule has 0 radical (unpaired) electrons. The standard InChI is InChI=1S/C21H35NO3/c1-8-9-10-17(22-19(23)25-21(5,6)7)15-16-11-13-18(14-12-16)24-20(2,3)4/h11-14,17H,8-10,15H2,1-7H3,(H,22,23). The van der Waals surface area contributed by atoms with Crippen LogP contribution < -0.4 is 10.1 Å². The minimum atomic E-state index is -0.481. The van der Waals surface area contributed by atoms with Crippen molar-refractivity contribution in [2.45, 2.75) is 91.4 Å². The zero-order chi connectivity index (χ0) is 19.1. The Labute approximate surface area is 153 Å². The van der Waals surface area contributed by atoms with Gasteiger partial charge in [0.05, 0.1) is 0 Å². The van der Waals surface area contributed by atoms with Gasteiger partial charge in [0, 0.05) is 6.04 Å². The Morgan fingerprint density at radius 3 is 2.12 bits per heavy atom. The SMILES string of the molecule is CCCCC(Cc1ccc(OC(C)(C)C)cc1)NC(=O)OC(C)(C)C. The van der Waals surface area contributed by atoms with E-state index < -0.39 is 5.60 Å². The molecule has 0 saturated carbocycles. The number of amides is 1. The number of hydrogen-bond acceptors (Lipinski definition) is 3. The molecule has 1 rings (SSSR count). The van der Waals surface area contributed by atoms with E-state index in [4.69, 9.17) is 9.47 Å². The molecule has 4 nitrogen and oxygen atoms in total. The van der Waals surface area contributed by atoms with Crippen molar-refractivity contribution < 1.29 is 14.3 Å². The van der Waals surface area contributed by atoms with Gasteiger partial charge in [-0.2, -0.15) is 0 Å². The number of carbonyl (C=O) groups excluding carboxylic acids is 1. The van der Waals surface area contributed by atoms with Crippen molar-refractivity contribution in [3.8, 4) is 5.75 Å². The zero-order valence-corrected chi connectivity index (χ0v) is 16.9. The number of alkyl carbamates (subject to hydrolysis) is 1. The number of benzene rings is 1. The molecule has 0 aliphatic rings. The first-order valence-electron chi connectivity index (χ1n) is 9.26. The van der Waals surface area contributed by atoms with Gasteiger partial charge in [0.15, 0.2) is 0 Å². The minimum absolute atomic E-state index is 0.0733. The maximum atomic E-state index is 12.1. The molecule has 0 aliphatic heterocycles. The zero-order valence-electron chi connectivity index (χ0n) is 16.9. The largest absolute Gasteiger partial charge is 0.488 e. The lowest BCUT2D eigenvalue weighted by Crippen LogP contribution is -2.40. The summed E-state index contributed by atoms with van der Waals surface area (Å²) in [6, 6.07) is 8.19. The van der Waals surface area contributed by atoms with Gasteiger partial charge in [-0.05, 0) is 72.1 Å². The van der Waals surface area contributed by atoms with Crippen molar-refractivity contribution in [1.82, 2.24) is 5.32 Å². The molecule has 1 aromatic rings. The van der Waals surface area contributed by atoms with E-state index in [0.29, 0.717) is 0 Å². The Morgan fingerprint density at radius 2 is 1.64 bits per heavy atom. The molecular weight excluding hydrogens is 314 g/mol. The monoisotopic (exact) mass is 349 g/mol. The fourth-order valence-corrected chi connectivity index (χ4v) is 2.48. The Kier molecular flexibility index (Phi) is 7.78. The smallest absolute Gasteiger partial charge is 0.407 e. The van der Waals surface area contributed by atoms with Crippen LogP contribution in [-0.4, -0.2) is 23.3 Å². The fourth-order valence-electron chi connectivity index (χ4n) is 2.48. The van der Waals surface area contributed by atoms with Crippen LogP contribution in [0.25, 0.3) is 0 Å². The average Bonchev–Trinajstić information content (AvgIpc) is 2.43. The molecule has 0 bridgehead atoms. The number of ether oxygens (including phenoxy) is 2. The van der Waals surface area contributed by atoms with Crippen LogP contribution in [0, 0.1) is 0 Å². The quantitative estimate of drug-likeness (QED) is 0.708. The van der Waals surface area contributed by atoms with Gasteiger partial charge in [0.2, 0.25) is 0 Å². The first-order valence-corrected chi connectivity index (χ1v) is 9.26. The van der Waals surface area contributed by atoms with Crippen LogP contribution in [0.5, 0.6) is 5.75 Å². The van der Waals surface area contributed by atoms with E-state index in [-0.39, 0.29) is 17.7 Å². The summed E-state index contributed by atoms with van der Waals surface area (Å²) in [6.07, 6.45) is 3.56. The second-order valence-corrected chi connectivity index (χ2v) is 8.55. The Bertz CT molecular complexity index is 524. The van der Waals surface area contributed by atoms with Crippen molar-refractivity contribution in [3.63, 3.8) is 0 Å². The number of nitrogens with one attached hydrogen (secondary N) is 1. The molecule has 0 aliphatic carbocycles. The summed E-state index contributed by atoms with van der Waals surface area (Å²) in [5.41, 5.74) is 0.493. The molecule has 1 amide bonds. The van der Waals surface area contributed by atoms with Crippen LogP contribution in [0.15, 0.2) is 24.3 Å². The second kappa shape index (κ2) is 9.12. The highest BCUT2D eigenvalue weighted by Crippen LogP contribution is 2.20. The van der Waals surface area contributed by atoms with Gasteiger partial charge in [-0.25, -0.2) is 4.79 Å². The molecule has 142 valence electrons. The van der Waals surface area contributed by atoms with E-state index in [1.54, 1.807) is 0 Å². The van der Waals surface area contributed by atoms with Crippen molar-refractivity contribution in [1.29, 1.82) is 0 Å². The average molecular weight is 350 g/mol. The van der Waals surface area contributed by atoms with Gasteiger partial charge in [0.25, 0.3) is 0 Å². The molecule has 25 heavy (non-hydrogen) atoms. The van der Waals surface area contributed by atoms with E-state index >= 15 is 0 Å². The summed E-state index contributed by atoms with van der Waals surface area (Å²) >= 11 is 0. The molecule has 1 unspecified atom stereocenters. The summed E-state index contributed by atoms with van der Waals surface area (Å²) in [5, 5.41) is 3.02. The van der Waals surface area contributed by atoms with E-state index in [1.807, 2.05) is 53.7 Å². The molecule has 0 spiro atoms. The molecular formula is C21H35NO3. The first-order chi connectivity index (χ1) is 11.5. The molecule has 0 aromatic heterocycles. The van der Waals surface area contributed by atoms with E-state index in [0.717, 1.165) is 31.4 Å². The second-order valence-electron chi connectivity index (χ2n) is 8.55. The van der Waals surface area contributed by atoms with Gasteiger partial charge in [-0.1, -0.05) is 31.9 Å². The molecule has 1 atom stereocenters. The Balaban J connectivity index is 2.69. The summed E-state index contributed by atoms with van der Waals surface area (Å²) in [4.78, 5) is 12.1.